The summed E-state index contributed by atoms with van der Waals surface area (Å²) in [7, 11) is 0. The summed E-state index contributed by atoms with van der Waals surface area (Å²) in [5.41, 5.74) is 0. The molecule has 0 spiro atoms. The Labute approximate surface area is 51.5 Å². The molecule has 0 aromatic rings. The van der Waals surface area contributed by atoms with E-state index in [1.54, 1.807) is 0 Å². The van der Waals surface area contributed by atoms with Gasteiger partial charge in [-0.1, -0.05) is 6.92 Å². The van der Waals surface area contributed by atoms with E-state index < -0.39 is 18.2 Å². The molecule has 1 N–H and O–H groups in total. The van der Waals surface area contributed by atoms with Crippen molar-refractivity contribution in [3.8, 4) is 0 Å². The quantitative estimate of drug-likeness (QED) is 0.589. The predicted octanol–water partition coefficient (Wildman–Crippen LogP) is 1.57. The van der Waals surface area contributed by atoms with Crippen molar-refractivity contribution in [3.05, 3.63) is 0 Å². The van der Waals surface area contributed by atoms with Crippen molar-refractivity contribution in [1.29, 1.82) is 0 Å². The molecule has 0 aliphatic heterocycles. The number of aliphatic hydroxyl groups excluding tert-OH is 1. The zero-order valence-corrected chi connectivity index (χ0v) is 5.24. The summed E-state index contributed by atoms with van der Waals surface area (Å²) in [6.07, 6.45) is -5.58. The average molecular weight is 142 g/mol. The van der Waals surface area contributed by atoms with Crippen LogP contribution in [0.1, 0.15) is 13.8 Å². The van der Waals surface area contributed by atoms with E-state index in [2.05, 4.69) is 0 Å². The molecule has 0 amide bonds. The third-order valence-electron chi connectivity index (χ3n) is 1.24. The third kappa shape index (κ3) is 2.70. The van der Waals surface area contributed by atoms with Crippen molar-refractivity contribution >= 4 is 0 Å². The van der Waals surface area contributed by atoms with Crippen LogP contribution in [0.3, 0.4) is 0 Å². The van der Waals surface area contributed by atoms with Crippen molar-refractivity contribution in [2.24, 2.45) is 5.92 Å². The van der Waals surface area contributed by atoms with Gasteiger partial charge in [-0.25, -0.2) is 0 Å². The molecule has 0 saturated heterocycles. The highest BCUT2D eigenvalue weighted by atomic mass is 19.4. The molecular formula is C5H9F3O. The summed E-state index contributed by atoms with van der Waals surface area (Å²) >= 11 is 0. The maximum atomic E-state index is 11.5. The van der Waals surface area contributed by atoms with E-state index >= 15 is 0 Å². The van der Waals surface area contributed by atoms with Crippen LogP contribution in [0.4, 0.5) is 13.2 Å². The molecule has 9 heavy (non-hydrogen) atoms. The summed E-state index contributed by atoms with van der Waals surface area (Å²) < 4.78 is 34.6. The van der Waals surface area contributed by atoms with Gasteiger partial charge in [-0.2, -0.15) is 13.2 Å². The molecule has 0 aromatic heterocycles. The van der Waals surface area contributed by atoms with Crippen LogP contribution in [0.5, 0.6) is 0 Å². The molecule has 0 heterocycles. The summed E-state index contributed by atoms with van der Waals surface area (Å²) in [4.78, 5) is 0. The smallest absolute Gasteiger partial charge is 0.393 e. The molecular weight excluding hydrogens is 133 g/mol. The number of hydrogen-bond donors (Lipinski definition) is 1. The highest BCUT2D eigenvalue weighted by molar-refractivity contribution is 4.66. The van der Waals surface area contributed by atoms with Crippen LogP contribution in [0.2, 0.25) is 0 Å². The standard InChI is InChI=1S/C5H9F3O/c1-3(4(2)9)5(6,7)8/h3-4,9H,1-2H3/t3?,4-/m1/s1. The normalized spacial score (nSPS) is 19.3. The van der Waals surface area contributed by atoms with Crippen LogP contribution in [-0.4, -0.2) is 17.4 Å². The maximum absolute atomic E-state index is 11.5. The SMILES string of the molecule is CC([C@@H](C)O)C(F)(F)F. The minimum absolute atomic E-state index is 0.949. The molecule has 0 aromatic carbocycles. The van der Waals surface area contributed by atoms with Gasteiger partial charge in [0.25, 0.3) is 0 Å². The van der Waals surface area contributed by atoms with Gasteiger partial charge in [-0.15, -0.1) is 0 Å². The molecule has 0 bridgehead atoms. The van der Waals surface area contributed by atoms with E-state index in [1.807, 2.05) is 0 Å². The Morgan fingerprint density at radius 1 is 1.22 bits per heavy atom. The van der Waals surface area contributed by atoms with E-state index in [9.17, 15) is 13.2 Å². The van der Waals surface area contributed by atoms with Crippen LogP contribution in [-0.2, 0) is 0 Å². The summed E-state index contributed by atoms with van der Waals surface area (Å²) in [6.45, 7) is 2.07. The Morgan fingerprint density at radius 3 is 1.56 bits per heavy atom. The van der Waals surface area contributed by atoms with Gasteiger partial charge in [0.2, 0.25) is 0 Å². The topological polar surface area (TPSA) is 20.2 Å². The van der Waals surface area contributed by atoms with Crippen molar-refractivity contribution in [1.82, 2.24) is 0 Å². The van der Waals surface area contributed by atoms with Crippen molar-refractivity contribution < 1.29 is 18.3 Å². The summed E-state index contributed by atoms with van der Waals surface area (Å²) in [6, 6.07) is 0. The molecule has 0 rings (SSSR count). The molecule has 0 aliphatic carbocycles. The average Bonchev–Trinajstić information content (AvgIpc) is 1.62. The first-order valence-corrected chi connectivity index (χ1v) is 2.60. The van der Waals surface area contributed by atoms with E-state index in [1.165, 1.54) is 0 Å². The van der Waals surface area contributed by atoms with Gasteiger partial charge in [0.05, 0.1) is 12.0 Å². The second-order valence-electron chi connectivity index (χ2n) is 2.07. The van der Waals surface area contributed by atoms with E-state index in [-0.39, 0.29) is 0 Å². The fourth-order valence-electron chi connectivity index (χ4n) is 0.273. The molecule has 1 unspecified atom stereocenters. The molecule has 1 nitrogen and oxygen atoms in total. The van der Waals surface area contributed by atoms with E-state index in [0.29, 0.717) is 0 Å². The van der Waals surface area contributed by atoms with Crippen molar-refractivity contribution in [2.75, 3.05) is 0 Å². The Morgan fingerprint density at radius 2 is 1.56 bits per heavy atom. The number of hydrogen-bond acceptors (Lipinski definition) is 1. The Bertz CT molecular complexity index is 86.7. The first-order chi connectivity index (χ1) is 3.85. The van der Waals surface area contributed by atoms with Gasteiger partial charge < -0.3 is 5.11 Å². The molecule has 2 atom stereocenters. The lowest BCUT2D eigenvalue weighted by Crippen LogP contribution is -2.29. The second kappa shape index (κ2) is 2.56. The Balaban J connectivity index is 3.88. The molecule has 0 saturated carbocycles. The number of alkyl halides is 3. The molecule has 4 heteroatoms. The number of halogens is 3. The van der Waals surface area contributed by atoms with Gasteiger partial charge in [0.15, 0.2) is 0 Å². The molecule has 0 radical (unpaired) electrons. The Hall–Kier alpha value is -0.250. The zero-order chi connectivity index (χ0) is 7.65. The monoisotopic (exact) mass is 142 g/mol. The van der Waals surface area contributed by atoms with E-state index in [4.69, 9.17) is 5.11 Å². The summed E-state index contributed by atoms with van der Waals surface area (Å²) in [5, 5.41) is 8.44. The highest BCUT2D eigenvalue weighted by Crippen LogP contribution is 2.27. The number of rotatable bonds is 1. The molecule has 0 fully saturated rings. The van der Waals surface area contributed by atoms with Crippen molar-refractivity contribution in [2.45, 2.75) is 26.1 Å². The minimum Gasteiger partial charge on any atom is -0.393 e. The fraction of sp³-hybridized carbons (Fsp3) is 1.00. The fourth-order valence-corrected chi connectivity index (χ4v) is 0.273. The van der Waals surface area contributed by atoms with Gasteiger partial charge in [-0.3, -0.25) is 0 Å². The minimum atomic E-state index is -4.27. The van der Waals surface area contributed by atoms with Crippen LogP contribution >= 0.6 is 0 Å². The predicted molar refractivity (Wildman–Crippen MR) is 26.9 cm³/mol. The second-order valence-corrected chi connectivity index (χ2v) is 2.07. The van der Waals surface area contributed by atoms with Gasteiger partial charge in [-0.05, 0) is 6.92 Å². The maximum Gasteiger partial charge on any atom is 0.394 e. The number of aliphatic hydroxyl groups is 1. The first-order valence-electron chi connectivity index (χ1n) is 2.60. The van der Waals surface area contributed by atoms with Crippen LogP contribution in [0.25, 0.3) is 0 Å². The lowest BCUT2D eigenvalue weighted by atomic mass is 10.1. The van der Waals surface area contributed by atoms with Crippen LogP contribution in [0, 0.1) is 5.92 Å². The Kier molecular flexibility index (Phi) is 2.49. The van der Waals surface area contributed by atoms with Gasteiger partial charge in [0.1, 0.15) is 0 Å². The van der Waals surface area contributed by atoms with Crippen LogP contribution < -0.4 is 0 Å². The van der Waals surface area contributed by atoms with Crippen LogP contribution in [0.15, 0.2) is 0 Å². The third-order valence-corrected chi connectivity index (χ3v) is 1.24. The molecule has 0 aliphatic rings. The van der Waals surface area contributed by atoms with Gasteiger partial charge in [0, 0.05) is 0 Å². The van der Waals surface area contributed by atoms with Gasteiger partial charge >= 0.3 is 6.18 Å². The van der Waals surface area contributed by atoms with Crippen molar-refractivity contribution in [3.63, 3.8) is 0 Å². The summed E-state index contributed by atoms with van der Waals surface area (Å²) in [5.74, 6) is -1.63. The zero-order valence-electron chi connectivity index (χ0n) is 5.24. The largest absolute Gasteiger partial charge is 0.394 e. The lowest BCUT2D eigenvalue weighted by Gasteiger charge is -2.17. The highest BCUT2D eigenvalue weighted by Gasteiger charge is 2.38. The van der Waals surface area contributed by atoms with E-state index in [0.717, 1.165) is 13.8 Å². The lowest BCUT2D eigenvalue weighted by molar-refractivity contribution is -0.191. The molecule has 56 valence electrons. The first kappa shape index (κ1) is 8.75.